The summed E-state index contributed by atoms with van der Waals surface area (Å²) in [5.41, 5.74) is 6.40. The maximum absolute atomic E-state index is 12.5. The number of alkyl halides is 1. The van der Waals surface area contributed by atoms with Crippen LogP contribution in [0.4, 0.5) is 4.39 Å². The molecule has 1 aromatic heterocycles. The number of rotatable bonds is 7. The van der Waals surface area contributed by atoms with Crippen LogP contribution in [0.1, 0.15) is 92.3 Å². The molecule has 2 heteroatoms. The first-order valence-corrected chi connectivity index (χ1v) is 12.1. The van der Waals surface area contributed by atoms with Gasteiger partial charge < -0.3 is 0 Å². The predicted molar refractivity (Wildman–Crippen MR) is 143 cm³/mol. The van der Waals surface area contributed by atoms with Gasteiger partial charge in [-0.2, -0.15) is 0 Å². The summed E-state index contributed by atoms with van der Waals surface area (Å²) in [4.78, 5) is 4.56. The van der Waals surface area contributed by atoms with E-state index in [-0.39, 0.29) is 0 Å². The summed E-state index contributed by atoms with van der Waals surface area (Å²) in [7, 11) is 0. The molecule has 1 nitrogen and oxygen atoms in total. The molecule has 32 heavy (non-hydrogen) atoms. The Bertz CT molecular complexity index is 812. The fourth-order valence-corrected chi connectivity index (χ4v) is 2.80. The lowest BCUT2D eigenvalue weighted by molar-refractivity contribution is 0.177. The van der Waals surface area contributed by atoms with E-state index in [0.717, 1.165) is 18.0 Å². The zero-order valence-electron chi connectivity index (χ0n) is 22.1. The van der Waals surface area contributed by atoms with Gasteiger partial charge in [-0.1, -0.05) is 83.2 Å². The van der Waals surface area contributed by atoms with Crippen LogP contribution in [0.15, 0.2) is 60.8 Å². The van der Waals surface area contributed by atoms with Crippen molar-refractivity contribution in [3.05, 3.63) is 72.1 Å². The van der Waals surface area contributed by atoms with Crippen molar-refractivity contribution in [2.24, 2.45) is 5.92 Å². The topological polar surface area (TPSA) is 12.9 Å². The number of nitrogens with zero attached hydrogens (tertiary/aromatic N) is 1. The molecule has 0 saturated heterocycles. The molecule has 0 radical (unpaired) electrons. The van der Waals surface area contributed by atoms with Crippen molar-refractivity contribution in [2.45, 2.75) is 93.7 Å². The molecule has 1 unspecified atom stereocenters. The number of aryl methyl sites for hydroxylation is 1. The van der Waals surface area contributed by atoms with Crippen LogP contribution in [-0.4, -0.2) is 10.7 Å². The maximum Gasteiger partial charge on any atom is 0.107 e. The second-order valence-corrected chi connectivity index (χ2v) is 8.67. The van der Waals surface area contributed by atoms with Gasteiger partial charge in [-0.25, -0.2) is 4.39 Å². The summed E-state index contributed by atoms with van der Waals surface area (Å²) in [5, 5.41) is 0. The highest BCUT2D eigenvalue weighted by Crippen LogP contribution is 2.23. The molecule has 2 aromatic rings. The highest BCUT2D eigenvalue weighted by atomic mass is 19.1. The zero-order valence-corrected chi connectivity index (χ0v) is 22.1. The van der Waals surface area contributed by atoms with Gasteiger partial charge >= 0.3 is 0 Å². The number of hydrogen-bond acceptors (Lipinski definition) is 1. The summed E-state index contributed by atoms with van der Waals surface area (Å²) in [6, 6.07) is 12.6. The number of hydrogen-bond donors (Lipinski definition) is 0. The number of pyridine rings is 1. The molecule has 1 heterocycles. The Hall–Kier alpha value is -2.22. The molecule has 0 aliphatic carbocycles. The summed E-state index contributed by atoms with van der Waals surface area (Å²) < 4.78 is 12.5. The van der Waals surface area contributed by atoms with Crippen molar-refractivity contribution in [3.8, 4) is 11.1 Å². The lowest BCUT2D eigenvalue weighted by atomic mass is 9.98. The molecular formula is C30H46FN. The first-order chi connectivity index (χ1) is 15.1. The maximum atomic E-state index is 12.5. The van der Waals surface area contributed by atoms with E-state index in [2.05, 4.69) is 82.6 Å². The second-order valence-electron chi connectivity index (χ2n) is 8.67. The lowest BCUT2D eigenvalue weighted by Gasteiger charge is -2.13. The number of aromatic nitrogens is 1. The van der Waals surface area contributed by atoms with Gasteiger partial charge in [-0.05, 0) is 82.1 Å². The third-order valence-electron chi connectivity index (χ3n) is 6.23. The van der Waals surface area contributed by atoms with E-state index in [9.17, 15) is 4.39 Å². The molecular weight excluding hydrogens is 393 g/mol. The SMILES string of the molecule is C/C=C(/C)c1ncc(-c2ccccc2)cc1C.C=C(CC)C(C)CC.CCC(C)(F)CC. The fraction of sp³-hybridized carbons (Fsp3) is 0.500. The largest absolute Gasteiger partial charge is 0.256 e. The molecule has 0 spiro atoms. The van der Waals surface area contributed by atoms with Crippen molar-refractivity contribution in [1.29, 1.82) is 0 Å². The van der Waals surface area contributed by atoms with E-state index in [0.29, 0.717) is 12.8 Å². The third kappa shape index (κ3) is 10.9. The number of allylic oxidation sites excluding steroid dienone is 3. The van der Waals surface area contributed by atoms with Crippen molar-refractivity contribution < 1.29 is 4.39 Å². The van der Waals surface area contributed by atoms with Crippen molar-refractivity contribution in [2.75, 3.05) is 0 Å². The van der Waals surface area contributed by atoms with Crippen LogP contribution in [0.5, 0.6) is 0 Å². The van der Waals surface area contributed by atoms with Crippen LogP contribution in [0.25, 0.3) is 16.7 Å². The summed E-state index contributed by atoms with van der Waals surface area (Å²) in [5.74, 6) is 0.722. The van der Waals surface area contributed by atoms with Crippen LogP contribution >= 0.6 is 0 Å². The monoisotopic (exact) mass is 439 g/mol. The Morgan fingerprint density at radius 2 is 1.66 bits per heavy atom. The molecule has 1 aromatic carbocycles. The van der Waals surface area contributed by atoms with Gasteiger partial charge in [-0.3, -0.25) is 4.98 Å². The highest BCUT2D eigenvalue weighted by molar-refractivity contribution is 5.68. The molecule has 0 N–H and O–H groups in total. The van der Waals surface area contributed by atoms with Gasteiger partial charge in [0.15, 0.2) is 0 Å². The normalized spacial score (nSPS) is 12.1. The van der Waals surface area contributed by atoms with Gasteiger partial charge in [0.1, 0.15) is 5.67 Å². The molecule has 1 atom stereocenters. The van der Waals surface area contributed by atoms with Gasteiger partial charge in [0, 0.05) is 11.8 Å². The van der Waals surface area contributed by atoms with Gasteiger partial charge in [0.25, 0.3) is 0 Å². The fourth-order valence-electron chi connectivity index (χ4n) is 2.80. The molecule has 0 aliphatic heterocycles. The van der Waals surface area contributed by atoms with Crippen molar-refractivity contribution in [3.63, 3.8) is 0 Å². The molecule has 0 saturated carbocycles. The molecule has 0 bridgehead atoms. The zero-order chi connectivity index (χ0) is 24.7. The minimum Gasteiger partial charge on any atom is -0.256 e. The Kier molecular flexibility index (Phi) is 14.5. The Morgan fingerprint density at radius 1 is 1.09 bits per heavy atom. The smallest absolute Gasteiger partial charge is 0.107 e. The number of halogens is 1. The van der Waals surface area contributed by atoms with Gasteiger partial charge in [0.2, 0.25) is 0 Å². The van der Waals surface area contributed by atoms with Gasteiger partial charge in [0.05, 0.1) is 5.69 Å². The lowest BCUT2D eigenvalue weighted by Crippen LogP contribution is -2.13. The Morgan fingerprint density at radius 3 is 2.00 bits per heavy atom. The molecule has 2 rings (SSSR count). The predicted octanol–water partition coefficient (Wildman–Crippen LogP) is 10.0. The summed E-state index contributed by atoms with van der Waals surface area (Å²) >= 11 is 0. The van der Waals surface area contributed by atoms with Crippen LogP contribution in [-0.2, 0) is 0 Å². The molecule has 178 valence electrons. The van der Waals surface area contributed by atoms with Crippen LogP contribution in [0.2, 0.25) is 0 Å². The third-order valence-corrected chi connectivity index (χ3v) is 6.23. The summed E-state index contributed by atoms with van der Waals surface area (Å²) in [6.07, 6.45) is 7.66. The Labute approximate surface area is 197 Å². The van der Waals surface area contributed by atoms with Crippen molar-refractivity contribution >= 4 is 5.57 Å². The van der Waals surface area contributed by atoms with Crippen molar-refractivity contribution in [1.82, 2.24) is 4.98 Å². The van der Waals surface area contributed by atoms with Gasteiger partial charge in [-0.15, -0.1) is 0 Å². The van der Waals surface area contributed by atoms with E-state index in [4.69, 9.17) is 0 Å². The van der Waals surface area contributed by atoms with E-state index in [1.165, 1.54) is 34.3 Å². The van der Waals surface area contributed by atoms with E-state index in [1.54, 1.807) is 6.92 Å². The quantitative estimate of drug-likeness (QED) is 0.391. The minimum absolute atomic E-state index is 0.628. The first kappa shape index (κ1) is 29.8. The van der Waals surface area contributed by atoms with E-state index in [1.807, 2.05) is 33.0 Å². The first-order valence-electron chi connectivity index (χ1n) is 12.1. The Balaban J connectivity index is 0.000000537. The average Bonchev–Trinajstić information content (AvgIpc) is 2.83. The van der Waals surface area contributed by atoms with E-state index >= 15 is 0 Å². The molecule has 0 fully saturated rings. The standard InChI is InChI=1S/C16H17N.C8H16.C6H13F/c1-4-12(2)16-13(3)10-15(11-17-16)14-8-6-5-7-9-14;1-5-7(3)8(4)6-2;1-4-6(3,7)5-2/h4-11H,1-3H3;8H,3,5-6H2,1-2,4H3;4-5H2,1-3H3/b12-4-;;. The molecule has 0 amide bonds. The van der Waals surface area contributed by atoms with Crippen LogP contribution < -0.4 is 0 Å². The number of benzene rings is 1. The van der Waals surface area contributed by atoms with Crippen LogP contribution in [0, 0.1) is 12.8 Å². The highest BCUT2D eigenvalue weighted by Gasteiger charge is 2.15. The molecule has 0 aliphatic rings. The second kappa shape index (κ2) is 15.6. The minimum atomic E-state index is -0.917. The summed E-state index contributed by atoms with van der Waals surface area (Å²) in [6.45, 7) is 22.1. The van der Waals surface area contributed by atoms with Crippen LogP contribution in [0.3, 0.4) is 0 Å². The van der Waals surface area contributed by atoms with E-state index < -0.39 is 5.67 Å². The average molecular weight is 440 g/mol.